The lowest BCUT2D eigenvalue weighted by Crippen LogP contribution is -2.36. The summed E-state index contributed by atoms with van der Waals surface area (Å²) in [6.45, 7) is 1.10. The van der Waals surface area contributed by atoms with Gasteiger partial charge in [0.05, 0.1) is 12.5 Å². The minimum absolute atomic E-state index is 0.175. The molecule has 0 unspecified atom stereocenters. The van der Waals surface area contributed by atoms with Crippen LogP contribution in [-0.2, 0) is 20.9 Å². The van der Waals surface area contributed by atoms with Crippen LogP contribution in [0.4, 0.5) is 4.79 Å². The Balaban J connectivity index is 1.59. The van der Waals surface area contributed by atoms with Crippen molar-refractivity contribution in [3.63, 3.8) is 0 Å². The maximum absolute atomic E-state index is 12.1. The van der Waals surface area contributed by atoms with E-state index in [9.17, 15) is 9.59 Å². The van der Waals surface area contributed by atoms with E-state index in [1.54, 1.807) is 4.90 Å². The van der Waals surface area contributed by atoms with Gasteiger partial charge in [-0.05, 0) is 18.4 Å². The second kappa shape index (κ2) is 5.53. The molecule has 3 saturated heterocycles. The molecule has 106 valence electrons. The summed E-state index contributed by atoms with van der Waals surface area (Å²) in [5.74, 6) is -0.377. The first-order valence-corrected chi connectivity index (χ1v) is 6.88. The SMILES string of the molecule is O=C1O[C@H]2CC[C@@H]1CN(C(=O)OCc1ccccc1)C2. The molecule has 1 aromatic rings. The average Bonchev–Trinajstić information content (AvgIpc) is 2.77. The highest BCUT2D eigenvalue weighted by Crippen LogP contribution is 2.26. The molecule has 3 aliphatic rings. The van der Waals surface area contributed by atoms with Crippen LogP contribution in [0.3, 0.4) is 0 Å². The van der Waals surface area contributed by atoms with Crippen molar-refractivity contribution in [2.24, 2.45) is 5.92 Å². The predicted octanol–water partition coefficient (Wildman–Crippen LogP) is 1.96. The van der Waals surface area contributed by atoms with E-state index in [1.807, 2.05) is 30.3 Å². The maximum Gasteiger partial charge on any atom is 0.410 e. The first-order chi connectivity index (χ1) is 9.72. The summed E-state index contributed by atoms with van der Waals surface area (Å²) >= 11 is 0. The van der Waals surface area contributed by atoms with E-state index in [1.165, 1.54) is 0 Å². The van der Waals surface area contributed by atoms with Crippen molar-refractivity contribution in [3.05, 3.63) is 35.9 Å². The zero-order valence-electron chi connectivity index (χ0n) is 11.2. The number of carbonyl (C=O) groups excluding carboxylic acids is 2. The Labute approximate surface area is 117 Å². The van der Waals surface area contributed by atoms with Gasteiger partial charge in [-0.15, -0.1) is 0 Å². The Kier molecular flexibility index (Phi) is 3.58. The van der Waals surface area contributed by atoms with E-state index in [2.05, 4.69) is 0 Å². The summed E-state index contributed by atoms with van der Waals surface area (Å²) in [5.41, 5.74) is 0.950. The Hall–Kier alpha value is -2.04. The molecule has 1 aromatic carbocycles. The number of ether oxygens (including phenoxy) is 2. The van der Waals surface area contributed by atoms with E-state index in [-0.39, 0.29) is 30.7 Å². The van der Waals surface area contributed by atoms with Crippen LogP contribution in [0.5, 0.6) is 0 Å². The van der Waals surface area contributed by atoms with E-state index >= 15 is 0 Å². The molecule has 4 rings (SSSR count). The van der Waals surface area contributed by atoms with Crippen LogP contribution in [0.2, 0.25) is 0 Å². The summed E-state index contributed by atoms with van der Waals surface area (Å²) in [5, 5.41) is 0. The first-order valence-electron chi connectivity index (χ1n) is 6.88. The number of esters is 1. The lowest BCUT2D eigenvalue weighted by atomic mass is 10.0. The smallest absolute Gasteiger partial charge is 0.410 e. The quantitative estimate of drug-likeness (QED) is 0.774. The van der Waals surface area contributed by atoms with Crippen molar-refractivity contribution >= 4 is 12.1 Å². The summed E-state index contributed by atoms with van der Waals surface area (Å²) in [6, 6.07) is 9.54. The average molecular weight is 275 g/mol. The van der Waals surface area contributed by atoms with Gasteiger partial charge in [0.2, 0.25) is 0 Å². The third-order valence-corrected chi connectivity index (χ3v) is 3.78. The van der Waals surface area contributed by atoms with Gasteiger partial charge in [0, 0.05) is 6.54 Å². The van der Waals surface area contributed by atoms with Crippen molar-refractivity contribution in [3.8, 4) is 0 Å². The van der Waals surface area contributed by atoms with Crippen molar-refractivity contribution in [2.45, 2.75) is 25.6 Å². The molecule has 0 spiro atoms. The van der Waals surface area contributed by atoms with Gasteiger partial charge in [-0.3, -0.25) is 4.79 Å². The van der Waals surface area contributed by atoms with Crippen LogP contribution in [0.25, 0.3) is 0 Å². The molecule has 0 aromatic heterocycles. The van der Waals surface area contributed by atoms with Gasteiger partial charge in [0.15, 0.2) is 0 Å². The van der Waals surface area contributed by atoms with Gasteiger partial charge < -0.3 is 14.4 Å². The van der Waals surface area contributed by atoms with E-state index in [0.717, 1.165) is 18.4 Å². The van der Waals surface area contributed by atoms with Gasteiger partial charge in [-0.1, -0.05) is 30.3 Å². The number of nitrogens with zero attached hydrogens (tertiary/aromatic N) is 1. The van der Waals surface area contributed by atoms with Gasteiger partial charge in [-0.2, -0.15) is 0 Å². The number of benzene rings is 1. The Morgan fingerprint density at radius 2 is 2.05 bits per heavy atom. The number of hydrogen-bond acceptors (Lipinski definition) is 4. The highest BCUT2D eigenvalue weighted by molar-refractivity contribution is 5.76. The second-order valence-electron chi connectivity index (χ2n) is 5.28. The first kappa shape index (κ1) is 13.0. The van der Waals surface area contributed by atoms with Crippen molar-refractivity contribution in [1.29, 1.82) is 0 Å². The largest absolute Gasteiger partial charge is 0.460 e. The number of fused-ring (bicyclic) bond motifs is 4. The monoisotopic (exact) mass is 275 g/mol. The maximum atomic E-state index is 12.1. The predicted molar refractivity (Wildman–Crippen MR) is 70.8 cm³/mol. The molecule has 0 saturated carbocycles. The normalized spacial score (nSPS) is 25.0. The highest BCUT2D eigenvalue weighted by atomic mass is 16.6. The Morgan fingerprint density at radius 1 is 1.25 bits per heavy atom. The third-order valence-electron chi connectivity index (χ3n) is 3.78. The van der Waals surface area contributed by atoms with E-state index < -0.39 is 0 Å². The molecule has 3 fully saturated rings. The van der Waals surface area contributed by atoms with E-state index in [4.69, 9.17) is 9.47 Å². The van der Waals surface area contributed by atoms with Crippen LogP contribution in [0, 0.1) is 5.92 Å². The molecule has 0 aliphatic carbocycles. The van der Waals surface area contributed by atoms with Crippen LogP contribution in [0.15, 0.2) is 30.3 Å². The zero-order chi connectivity index (χ0) is 13.9. The Morgan fingerprint density at radius 3 is 2.80 bits per heavy atom. The van der Waals surface area contributed by atoms with Gasteiger partial charge in [0.1, 0.15) is 12.7 Å². The fraction of sp³-hybridized carbons (Fsp3) is 0.467. The van der Waals surface area contributed by atoms with Crippen molar-refractivity contribution in [2.75, 3.05) is 13.1 Å². The standard InChI is InChI=1S/C15H17NO4/c17-14-12-6-7-13(20-14)9-16(8-12)15(18)19-10-11-4-2-1-3-5-11/h1-5,12-13H,6-10H2/t12-,13+/m1/s1. The van der Waals surface area contributed by atoms with Crippen LogP contribution < -0.4 is 0 Å². The summed E-state index contributed by atoms with van der Waals surface area (Å²) in [6.07, 6.45) is 1.08. The molecule has 5 nitrogen and oxygen atoms in total. The second-order valence-corrected chi connectivity index (χ2v) is 5.28. The summed E-state index contributed by atoms with van der Waals surface area (Å²) in [4.78, 5) is 25.3. The number of hydrogen-bond donors (Lipinski definition) is 0. The lowest BCUT2D eigenvalue weighted by Gasteiger charge is -2.21. The summed E-state index contributed by atoms with van der Waals surface area (Å²) in [7, 11) is 0. The molecule has 1 amide bonds. The molecular weight excluding hydrogens is 258 g/mol. The molecule has 0 radical (unpaired) electrons. The topological polar surface area (TPSA) is 55.8 Å². The molecule has 2 bridgehead atoms. The molecular formula is C15H17NO4. The molecule has 2 atom stereocenters. The van der Waals surface area contributed by atoms with E-state index in [0.29, 0.717) is 13.1 Å². The molecule has 0 N–H and O–H groups in total. The van der Waals surface area contributed by atoms with Crippen LogP contribution >= 0.6 is 0 Å². The highest BCUT2D eigenvalue weighted by Gasteiger charge is 2.38. The molecule has 20 heavy (non-hydrogen) atoms. The fourth-order valence-corrected chi connectivity index (χ4v) is 2.66. The number of amides is 1. The number of carbonyl (C=O) groups is 2. The zero-order valence-corrected chi connectivity index (χ0v) is 11.2. The summed E-state index contributed by atoms with van der Waals surface area (Å²) < 4.78 is 10.6. The van der Waals surface area contributed by atoms with Gasteiger partial charge >= 0.3 is 12.1 Å². The molecule has 3 heterocycles. The lowest BCUT2D eigenvalue weighted by molar-refractivity contribution is -0.157. The third kappa shape index (κ3) is 2.76. The number of rotatable bonds is 2. The minimum atomic E-state index is -0.371. The van der Waals surface area contributed by atoms with Crippen LogP contribution in [0.1, 0.15) is 18.4 Å². The van der Waals surface area contributed by atoms with Crippen molar-refractivity contribution < 1.29 is 19.1 Å². The van der Waals surface area contributed by atoms with Crippen LogP contribution in [-0.4, -0.2) is 36.2 Å². The minimum Gasteiger partial charge on any atom is -0.460 e. The molecule has 5 heteroatoms. The van der Waals surface area contributed by atoms with Crippen molar-refractivity contribution in [1.82, 2.24) is 4.90 Å². The van der Waals surface area contributed by atoms with Gasteiger partial charge in [0.25, 0.3) is 0 Å². The van der Waals surface area contributed by atoms with Gasteiger partial charge in [-0.25, -0.2) is 4.79 Å². The molecule has 3 aliphatic heterocycles. The fourth-order valence-electron chi connectivity index (χ4n) is 2.66. The Bertz CT molecular complexity index is 502.